The molecule has 1 N–H and O–H groups in total. The molecule has 1 aromatic carbocycles. The van der Waals surface area contributed by atoms with Crippen LogP contribution in [0.25, 0.3) is 0 Å². The van der Waals surface area contributed by atoms with Gasteiger partial charge in [-0.3, -0.25) is 9.59 Å². The van der Waals surface area contributed by atoms with Crippen LogP contribution < -0.4 is 5.32 Å². The molecule has 17 heavy (non-hydrogen) atoms. The molecule has 1 fully saturated rings. The molecule has 0 bridgehead atoms. The minimum Gasteiger partial charge on any atom is -0.353 e. The van der Waals surface area contributed by atoms with E-state index in [0.717, 1.165) is 8.04 Å². The molecule has 0 saturated carbocycles. The molecule has 6 heteroatoms. The zero-order valence-corrected chi connectivity index (χ0v) is 12.6. The largest absolute Gasteiger partial charge is 0.353 e. The smallest absolute Gasteiger partial charge is 0.255 e. The number of halogens is 2. The van der Waals surface area contributed by atoms with Gasteiger partial charge in [-0.05, 0) is 56.7 Å². The van der Waals surface area contributed by atoms with E-state index in [-0.39, 0.29) is 18.4 Å². The molecule has 2 rings (SSSR count). The number of piperazine rings is 1. The molecule has 4 nitrogen and oxygen atoms in total. The van der Waals surface area contributed by atoms with Crippen molar-refractivity contribution in [2.75, 3.05) is 19.6 Å². The SMILES string of the molecule is O=C1CN(C(=O)c2cc(I)ccc2Br)CCN1. The van der Waals surface area contributed by atoms with Crippen LogP contribution in [-0.2, 0) is 4.79 Å². The summed E-state index contributed by atoms with van der Waals surface area (Å²) in [6.45, 7) is 1.21. The third-order valence-corrected chi connectivity index (χ3v) is 3.85. The highest BCUT2D eigenvalue weighted by molar-refractivity contribution is 14.1. The Morgan fingerprint density at radius 1 is 1.47 bits per heavy atom. The quantitative estimate of drug-likeness (QED) is 0.718. The highest BCUT2D eigenvalue weighted by Crippen LogP contribution is 2.21. The lowest BCUT2D eigenvalue weighted by Gasteiger charge is -2.27. The number of carbonyl (C=O) groups excluding carboxylic acids is 2. The van der Waals surface area contributed by atoms with Crippen molar-refractivity contribution in [2.45, 2.75) is 0 Å². The summed E-state index contributed by atoms with van der Waals surface area (Å²) in [7, 11) is 0. The molecule has 1 aromatic rings. The van der Waals surface area contributed by atoms with Gasteiger partial charge in [0.2, 0.25) is 5.91 Å². The molecule has 2 amide bonds. The number of hydrogen-bond acceptors (Lipinski definition) is 2. The number of rotatable bonds is 1. The summed E-state index contributed by atoms with van der Waals surface area (Å²) in [6, 6.07) is 5.59. The van der Waals surface area contributed by atoms with Gasteiger partial charge in [-0.15, -0.1) is 0 Å². The van der Waals surface area contributed by atoms with Gasteiger partial charge in [0, 0.05) is 21.1 Å². The van der Waals surface area contributed by atoms with E-state index in [4.69, 9.17) is 0 Å². The van der Waals surface area contributed by atoms with Crippen molar-refractivity contribution in [2.24, 2.45) is 0 Å². The van der Waals surface area contributed by atoms with Gasteiger partial charge in [0.1, 0.15) is 0 Å². The minimum absolute atomic E-state index is 0.105. The van der Waals surface area contributed by atoms with Gasteiger partial charge >= 0.3 is 0 Å². The molecule has 0 radical (unpaired) electrons. The Balaban J connectivity index is 2.24. The lowest BCUT2D eigenvalue weighted by Crippen LogP contribution is -2.50. The lowest BCUT2D eigenvalue weighted by molar-refractivity contribution is -0.123. The van der Waals surface area contributed by atoms with Crippen LogP contribution in [0.5, 0.6) is 0 Å². The zero-order valence-electron chi connectivity index (χ0n) is 8.87. The lowest BCUT2D eigenvalue weighted by atomic mass is 10.2. The van der Waals surface area contributed by atoms with Crippen LogP contribution in [0.15, 0.2) is 22.7 Å². The van der Waals surface area contributed by atoms with Crippen LogP contribution >= 0.6 is 38.5 Å². The first-order valence-electron chi connectivity index (χ1n) is 5.09. The van der Waals surface area contributed by atoms with Crippen LogP contribution in [0.1, 0.15) is 10.4 Å². The number of hydrogen-bond donors (Lipinski definition) is 1. The summed E-state index contributed by atoms with van der Waals surface area (Å²) in [6.07, 6.45) is 0. The van der Waals surface area contributed by atoms with E-state index < -0.39 is 0 Å². The first kappa shape index (κ1) is 12.8. The monoisotopic (exact) mass is 408 g/mol. The second-order valence-corrected chi connectivity index (χ2v) is 5.80. The molecule has 0 spiro atoms. The van der Waals surface area contributed by atoms with Crippen molar-refractivity contribution >= 4 is 50.3 Å². The Bertz CT molecular complexity index is 479. The number of carbonyl (C=O) groups is 2. The second-order valence-electron chi connectivity index (χ2n) is 3.70. The fourth-order valence-electron chi connectivity index (χ4n) is 1.64. The van der Waals surface area contributed by atoms with Gasteiger partial charge in [-0.2, -0.15) is 0 Å². The molecule has 0 aliphatic carbocycles. The maximum Gasteiger partial charge on any atom is 0.255 e. The zero-order chi connectivity index (χ0) is 12.4. The molecule has 1 heterocycles. The fourth-order valence-corrected chi connectivity index (χ4v) is 2.55. The predicted molar refractivity (Wildman–Crippen MR) is 75.8 cm³/mol. The normalized spacial score (nSPS) is 15.6. The summed E-state index contributed by atoms with van der Waals surface area (Å²) in [4.78, 5) is 25.0. The highest BCUT2D eigenvalue weighted by Gasteiger charge is 2.23. The molecular formula is C11H10BrIN2O2. The first-order valence-corrected chi connectivity index (χ1v) is 6.96. The van der Waals surface area contributed by atoms with Crippen LogP contribution in [-0.4, -0.2) is 36.3 Å². The van der Waals surface area contributed by atoms with Crippen LogP contribution in [0.2, 0.25) is 0 Å². The Kier molecular flexibility index (Phi) is 4.03. The van der Waals surface area contributed by atoms with Gasteiger partial charge in [0.15, 0.2) is 0 Å². The van der Waals surface area contributed by atoms with Crippen molar-refractivity contribution in [1.82, 2.24) is 10.2 Å². The molecule has 1 aliphatic heterocycles. The summed E-state index contributed by atoms with van der Waals surface area (Å²) in [5.74, 6) is -0.211. The van der Waals surface area contributed by atoms with Gasteiger partial charge in [-0.25, -0.2) is 0 Å². The molecular weight excluding hydrogens is 399 g/mol. The predicted octanol–water partition coefficient (Wildman–Crippen LogP) is 1.63. The van der Waals surface area contributed by atoms with Crippen LogP contribution in [0.3, 0.4) is 0 Å². The summed E-state index contributed by atoms with van der Waals surface area (Å²) < 4.78 is 1.75. The number of nitrogens with zero attached hydrogens (tertiary/aromatic N) is 1. The topological polar surface area (TPSA) is 49.4 Å². The Morgan fingerprint density at radius 2 is 2.24 bits per heavy atom. The molecule has 1 saturated heterocycles. The third-order valence-electron chi connectivity index (χ3n) is 2.48. The van der Waals surface area contributed by atoms with Crippen LogP contribution in [0.4, 0.5) is 0 Å². The van der Waals surface area contributed by atoms with E-state index in [1.807, 2.05) is 18.2 Å². The summed E-state index contributed by atoms with van der Waals surface area (Å²) in [5.41, 5.74) is 0.603. The molecule has 0 aromatic heterocycles. The van der Waals surface area contributed by atoms with E-state index >= 15 is 0 Å². The van der Waals surface area contributed by atoms with Crippen molar-refractivity contribution in [3.63, 3.8) is 0 Å². The van der Waals surface area contributed by atoms with Crippen molar-refractivity contribution < 1.29 is 9.59 Å². The first-order chi connectivity index (χ1) is 8.08. The molecule has 0 atom stereocenters. The van der Waals surface area contributed by atoms with Gasteiger partial charge in [0.05, 0.1) is 12.1 Å². The highest BCUT2D eigenvalue weighted by atomic mass is 127. The van der Waals surface area contributed by atoms with E-state index in [1.54, 1.807) is 4.90 Å². The maximum atomic E-state index is 12.2. The Morgan fingerprint density at radius 3 is 2.94 bits per heavy atom. The molecule has 90 valence electrons. The Labute approximate surface area is 121 Å². The fraction of sp³-hybridized carbons (Fsp3) is 0.273. The van der Waals surface area contributed by atoms with Gasteiger partial charge in [-0.1, -0.05) is 0 Å². The second kappa shape index (κ2) is 5.34. The third kappa shape index (κ3) is 2.98. The van der Waals surface area contributed by atoms with Crippen molar-refractivity contribution in [3.05, 3.63) is 31.8 Å². The summed E-state index contributed by atoms with van der Waals surface area (Å²) >= 11 is 5.52. The van der Waals surface area contributed by atoms with Gasteiger partial charge < -0.3 is 10.2 Å². The van der Waals surface area contributed by atoms with E-state index in [1.165, 1.54) is 0 Å². The van der Waals surface area contributed by atoms with E-state index in [2.05, 4.69) is 43.8 Å². The van der Waals surface area contributed by atoms with E-state index in [0.29, 0.717) is 18.7 Å². The van der Waals surface area contributed by atoms with E-state index in [9.17, 15) is 9.59 Å². The molecule has 1 aliphatic rings. The average molecular weight is 409 g/mol. The van der Waals surface area contributed by atoms with Gasteiger partial charge in [0.25, 0.3) is 5.91 Å². The van der Waals surface area contributed by atoms with Crippen LogP contribution in [0, 0.1) is 3.57 Å². The molecule has 0 unspecified atom stereocenters. The van der Waals surface area contributed by atoms with Crippen molar-refractivity contribution in [1.29, 1.82) is 0 Å². The maximum absolute atomic E-state index is 12.2. The minimum atomic E-state index is -0.106. The number of amides is 2. The number of nitrogens with one attached hydrogen (secondary N) is 1. The number of benzene rings is 1. The van der Waals surface area contributed by atoms with Crippen molar-refractivity contribution in [3.8, 4) is 0 Å². The Hall–Kier alpha value is -0.630. The average Bonchev–Trinajstić information content (AvgIpc) is 2.31. The summed E-state index contributed by atoms with van der Waals surface area (Å²) in [5, 5.41) is 2.70. The standard InChI is InChI=1S/C11H10BrIN2O2/c12-9-2-1-7(13)5-8(9)11(17)15-4-3-14-10(16)6-15/h1-2,5H,3-4,6H2,(H,14,16).